The van der Waals surface area contributed by atoms with E-state index in [-0.39, 0.29) is 19.4 Å². The highest BCUT2D eigenvalue weighted by Gasteiger charge is 2.46. The fraction of sp³-hybridized carbons (Fsp3) is 1.00. The molecule has 2 saturated heterocycles. The van der Waals surface area contributed by atoms with E-state index in [0.29, 0.717) is 6.42 Å². The first-order valence-electron chi connectivity index (χ1n) is 10.7. The van der Waals surface area contributed by atoms with Crippen molar-refractivity contribution in [3.05, 3.63) is 0 Å². The van der Waals surface area contributed by atoms with Gasteiger partial charge in [-0.25, -0.2) is 0 Å². The first kappa shape index (κ1) is 25.1. The predicted octanol–water partition coefficient (Wildman–Crippen LogP) is -5.27. The molecule has 0 aromatic carbocycles. The summed E-state index contributed by atoms with van der Waals surface area (Å²) in [4.78, 5) is 0. The molecule has 0 radical (unpaired) electrons. The van der Waals surface area contributed by atoms with Gasteiger partial charge in [0.2, 0.25) is 0 Å². The Morgan fingerprint density at radius 2 is 1.32 bits per heavy atom. The zero-order valence-corrected chi connectivity index (χ0v) is 17.3. The van der Waals surface area contributed by atoms with Crippen molar-refractivity contribution in [2.75, 3.05) is 13.2 Å². The van der Waals surface area contributed by atoms with Gasteiger partial charge in [-0.3, -0.25) is 0 Å². The highest BCUT2D eigenvalue weighted by Crippen LogP contribution is 2.30. The second kappa shape index (κ2) is 10.6. The van der Waals surface area contributed by atoms with Crippen molar-refractivity contribution in [3.8, 4) is 0 Å². The van der Waals surface area contributed by atoms with Gasteiger partial charge in [-0.15, -0.1) is 0 Å². The topological polar surface area (TPSA) is 248 Å². The maximum Gasteiger partial charge on any atom is 0.186 e. The lowest BCUT2D eigenvalue weighted by molar-refractivity contribution is -0.299. The summed E-state index contributed by atoms with van der Waals surface area (Å²) >= 11 is 0. The molecule has 0 amide bonds. The molecular formula is C18H37N5O8. The number of ether oxygens (including phenoxy) is 4. The van der Waals surface area contributed by atoms with Gasteiger partial charge in [0, 0.05) is 25.0 Å². The van der Waals surface area contributed by atoms with Gasteiger partial charge in [0.15, 0.2) is 12.6 Å². The second-order valence-electron chi connectivity index (χ2n) is 8.68. The predicted molar refractivity (Wildman–Crippen MR) is 107 cm³/mol. The molecule has 1 aliphatic carbocycles. The first-order valence-corrected chi connectivity index (χ1v) is 10.7. The van der Waals surface area contributed by atoms with E-state index < -0.39 is 86.1 Å². The Kier molecular flexibility index (Phi) is 8.59. The van der Waals surface area contributed by atoms with Crippen molar-refractivity contribution in [1.29, 1.82) is 0 Å². The highest BCUT2D eigenvalue weighted by molar-refractivity contribution is 4.96. The molecule has 1 saturated carbocycles. The lowest BCUT2D eigenvalue weighted by atomic mass is 9.86. The van der Waals surface area contributed by atoms with Crippen LogP contribution in [-0.4, -0.2) is 113 Å². The van der Waals surface area contributed by atoms with Crippen LogP contribution in [0.25, 0.3) is 0 Å². The van der Waals surface area contributed by atoms with E-state index in [0.717, 1.165) is 0 Å². The second-order valence-corrected chi connectivity index (χ2v) is 8.68. The number of hydrogen-bond acceptors (Lipinski definition) is 13. The van der Waals surface area contributed by atoms with Gasteiger partial charge in [0.25, 0.3) is 0 Å². The van der Waals surface area contributed by atoms with Gasteiger partial charge in [0.05, 0.1) is 43.1 Å². The van der Waals surface area contributed by atoms with Gasteiger partial charge in [0.1, 0.15) is 18.3 Å². The molecule has 3 aliphatic rings. The van der Waals surface area contributed by atoms with Crippen molar-refractivity contribution < 1.29 is 39.4 Å². The zero-order valence-electron chi connectivity index (χ0n) is 17.3. The van der Waals surface area contributed by atoms with Crippen LogP contribution >= 0.6 is 0 Å². The molecule has 31 heavy (non-hydrogen) atoms. The van der Waals surface area contributed by atoms with Gasteiger partial charge in [-0.05, 0) is 12.8 Å². The Labute approximate surface area is 180 Å². The molecule has 13 nitrogen and oxygen atoms in total. The summed E-state index contributed by atoms with van der Waals surface area (Å²) in [6.45, 7) is -0.365. The first-order chi connectivity index (χ1) is 14.7. The van der Waals surface area contributed by atoms with Crippen molar-refractivity contribution in [1.82, 2.24) is 0 Å². The molecule has 0 bridgehead atoms. The summed E-state index contributed by atoms with van der Waals surface area (Å²) in [6.07, 6.45) is -7.13. The highest BCUT2D eigenvalue weighted by atomic mass is 16.7. The molecule has 182 valence electrons. The molecule has 0 aromatic rings. The van der Waals surface area contributed by atoms with Crippen LogP contribution in [0.1, 0.15) is 19.3 Å². The van der Waals surface area contributed by atoms with E-state index in [1.165, 1.54) is 0 Å². The molecule has 2 aliphatic heterocycles. The number of aliphatic hydroxyl groups excluding tert-OH is 4. The molecule has 2 heterocycles. The molecule has 3 fully saturated rings. The van der Waals surface area contributed by atoms with E-state index in [4.69, 9.17) is 47.6 Å². The standard InChI is InChI=1S/C18H37N5O8/c19-4-12-9(25)2-8(22)17(30-12)28-10-3-11(7(21)1-6(10)20)29-18-16(27)14(23)15(26)13(5-24)31-18/h6-18,24-27H,1-5,19-23H2. The lowest BCUT2D eigenvalue weighted by Crippen LogP contribution is -2.64. The van der Waals surface area contributed by atoms with E-state index in [1.54, 1.807) is 0 Å². The lowest BCUT2D eigenvalue weighted by Gasteiger charge is -2.45. The van der Waals surface area contributed by atoms with Gasteiger partial charge >= 0.3 is 0 Å². The van der Waals surface area contributed by atoms with Crippen LogP contribution in [0.15, 0.2) is 0 Å². The average molecular weight is 452 g/mol. The largest absolute Gasteiger partial charge is 0.394 e. The van der Waals surface area contributed by atoms with Gasteiger partial charge in [-0.1, -0.05) is 0 Å². The maximum atomic E-state index is 10.3. The van der Waals surface area contributed by atoms with Crippen LogP contribution in [0.3, 0.4) is 0 Å². The number of hydrogen-bond donors (Lipinski definition) is 9. The molecule has 13 unspecified atom stereocenters. The number of aliphatic hydroxyl groups is 4. The maximum absolute atomic E-state index is 10.3. The Hall–Kier alpha value is -0.520. The summed E-state index contributed by atoms with van der Waals surface area (Å²) in [5, 5.41) is 39.7. The number of rotatable bonds is 6. The van der Waals surface area contributed by atoms with Gasteiger partial charge < -0.3 is 68.0 Å². The van der Waals surface area contributed by atoms with Crippen LogP contribution in [-0.2, 0) is 18.9 Å². The molecule has 14 N–H and O–H groups in total. The number of nitrogens with two attached hydrogens (primary N) is 5. The van der Waals surface area contributed by atoms with E-state index in [9.17, 15) is 20.4 Å². The zero-order chi connectivity index (χ0) is 22.9. The van der Waals surface area contributed by atoms with Crippen LogP contribution in [0, 0.1) is 0 Å². The average Bonchev–Trinajstić information content (AvgIpc) is 2.73. The minimum Gasteiger partial charge on any atom is -0.394 e. The Balaban J connectivity index is 1.63. The fourth-order valence-corrected chi connectivity index (χ4v) is 4.33. The smallest absolute Gasteiger partial charge is 0.186 e. The Morgan fingerprint density at radius 3 is 1.90 bits per heavy atom. The molecule has 0 aromatic heterocycles. The van der Waals surface area contributed by atoms with Crippen LogP contribution in [0.2, 0.25) is 0 Å². The molecule has 13 heteroatoms. The van der Waals surface area contributed by atoms with Crippen LogP contribution in [0.5, 0.6) is 0 Å². The van der Waals surface area contributed by atoms with Crippen molar-refractivity contribution in [2.45, 2.75) is 98.7 Å². The Morgan fingerprint density at radius 1 is 0.742 bits per heavy atom. The third kappa shape index (κ3) is 5.52. The van der Waals surface area contributed by atoms with Crippen molar-refractivity contribution in [3.63, 3.8) is 0 Å². The fourth-order valence-electron chi connectivity index (χ4n) is 4.33. The van der Waals surface area contributed by atoms with E-state index >= 15 is 0 Å². The minimum atomic E-state index is -1.32. The summed E-state index contributed by atoms with van der Waals surface area (Å²) in [5.74, 6) is 0. The van der Waals surface area contributed by atoms with Gasteiger partial charge in [-0.2, -0.15) is 0 Å². The molecule has 0 spiro atoms. The SMILES string of the molecule is NCC1OC(OC2CC(OC3OC(CO)C(O)C(N)C3O)C(N)CC2N)C(N)CC1O. The quantitative estimate of drug-likeness (QED) is 0.183. The van der Waals surface area contributed by atoms with Crippen LogP contribution < -0.4 is 28.7 Å². The van der Waals surface area contributed by atoms with E-state index in [2.05, 4.69) is 0 Å². The summed E-state index contributed by atoms with van der Waals surface area (Å²) in [7, 11) is 0. The molecule has 13 atom stereocenters. The minimum absolute atomic E-state index is 0.121. The summed E-state index contributed by atoms with van der Waals surface area (Å²) in [5.41, 5.74) is 30.0. The van der Waals surface area contributed by atoms with Crippen molar-refractivity contribution in [2.24, 2.45) is 28.7 Å². The van der Waals surface area contributed by atoms with Crippen molar-refractivity contribution >= 4 is 0 Å². The summed E-state index contributed by atoms with van der Waals surface area (Å²) in [6, 6.07) is -2.51. The summed E-state index contributed by atoms with van der Waals surface area (Å²) < 4.78 is 23.1. The normalized spacial score (nSPS) is 51.6. The van der Waals surface area contributed by atoms with E-state index in [1.807, 2.05) is 0 Å². The molecule has 3 rings (SSSR count). The third-order valence-corrected chi connectivity index (χ3v) is 6.35. The Bertz CT molecular complexity index is 577. The monoisotopic (exact) mass is 451 g/mol. The third-order valence-electron chi connectivity index (χ3n) is 6.35. The van der Waals surface area contributed by atoms with Crippen LogP contribution in [0.4, 0.5) is 0 Å². The molecular weight excluding hydrogens is 414 g/mol.